The number of benzene rings is 3. The first-order valence-electron chi connectivity index (χ1n) is 14.4. The number of hydrogen-bond donors (Lipinski definition) is 0. The van der Waals surface area contributed by atoms with Gasteiger partial charge in [0.05, 0.1) is 34.6 Å². The number of carbonyl (C=O) groups excluding carboxylic acids is 1. The molecule has 0 aromatic heterocycles. The molecule has 3 aromatic carbocycles. The van der Waals surface area contributed by atoms with Crippen molar-refractivity contribution >= 4 is 56.5 Å². The second-order valence-electron chi connectivity index (χ2n) is 10.9. The zero-order valence-electron chi connectivity index (χ0n) is 24.8. The molecule has 2 aliphatic heterocycles. The largest absolute Gasteiger partial charge is 0.493 e. The molecule has 1 fully saturated rings. The van der Waals surface area contributed by atoms with Crippen LogP contribution in [0.1, 0.15) is 41.3 Å². The van der Waals surface area contributed by atoms with Crippen molar-refractivity contribution in [2.45, 2.75) is 19.0 Å². The molecule has 2 heterocycles. The smallest absolute Gasteiger partial charge is 0.326 e. The van der Waals surface area contributed by atoms with Crippen molar-refractivity contribution in [3.8, 4) is 11.8 Å². The summed E-state index contributed by atoms with van der Waals surface area (Å²) in [6.07, 6.45) is 1.22. The van der Waals surface area contributed by atoms with Crippen LogP contribution in [0, 0.1) is 11.3 Å². The highest BCUT2D eigenvalue weighted by Crippen LogP contribution is 2.46. The molecular formula is C32H32Cl3N5O4S. The van der Waals surface area contributed by atoms with Crippen LogP contribution in [0.2, 0.25) is 15.1 Å². The van der Waals surface area contributed by atoms with Crippen LogP contribution >= 0.6 is 34.8 Å². The van der Waals surface area contributed by atoms with E-state index in [9.17, 15) is 18.5 Å². The fourth-order valence-corrected chi connectivity index (χ4v) is 6.59. The highest BCUT2D eigenvalue weighted by atomic mass is 35.5. The number of ether oxygens (including phenoxy) is 1. The Labute approximate surface area is 278 Å². The van der Waals surface area contributed by atoms with E-state index in [2.05, 4.69) is 6.07 Å². The molecule has 13 heteroatoms. The van der Waals surface area contributed by atoms with Crippen LogP contribution in [0.5, 0.6) is 5.75 Å². The summed E-state index contributed by atoms with van der Waals surface area (Å²) in [6, 6.07) is 18.6. The van der Waals surface area contributed by atoms with Gasteiger partial charge < -0.3 is 9.64 Å². The van der Waals surface area contributed by atoms with E-state index in [0.717, 1.165) is 11.1 Å². The molecule has 0 aliphatic carbocycles. The molecule has 0 unspecified atom stereocenters. The Kier molecular flexibility index (Phi) is 10.3. The normalized spacial score (nSPS) is 18.9. The third-order valence-electron chi connectivity index (χ3n) is 7.85. The predicted molar refractivity (Wildman–Crippen MR) is 177 cm³/mol. The molecule has 5 rings (SSSR count). The van der Waals surface area contributed by atoms with Gasteiger partial charge in [-0.3, -0.25) is 14.8 Å². The Hall–Kier alpha value is -3.33. The summed E-state index contributed by atoms with van der Waals surface area (Å²) in [5.74, 6) is 0.801. The lowest BCUT2D eigenvalue weighted by Crippen LogP contribution is -2.54. The van der Waals surface area contributed by atoms with E-state index in [1.807, 2.05) is 36.1 Å². The lowest BCUT2D eigenvalue weighted by molar-refractivity contribution is 0.122. The van der Waals surface area contributed by atoms with Crippen LogP contribution in [0.15, 0.2) is 65.7 Å². The number of carbonyl (C=O) groups is 1. The third kappa shape index (κ3) is 7.56. The molecule has 0 N–H and O–H groups in total. The van der Waals surface area contributed by atoms with Gasteiger partial charge in [0.15, 0.2) is 0 Å². The SMILES string of the molecule is CCOc1cc(Cl)c(C#N)cc1C1=N[C@@H](c2ccc(Cl)cc2)[C@@H](c2ccc(Cl)cc2)N1C(=O)N1CCN(CCS(C)(=O)=O)CC1. The maximum absolute atomic E-state index is 14.7. The number of amidine groups is 1. The summed E-state index contributed by atoms with van der Waals surface area (Å²) >= 11 is 18.9. The first-order chi connectivity index (χ1) is 21.5. The first kappa shape index (κ1) is 33.0. The summed E-state index contributed by atoms with van der Waals surface area (Å²) < 4.78 is 29.4. The van der Waals surface area contributed by atoms with Gasteiger partial charge in [0.1, 0.15) is 33.5 Å². The van der Waals surface area contributed by atoms with Crippen LogP contribution in [-0.2, 0) is 9.84 Å². The standard InChI is InChI=1S/C32H32Cl3N5O4S/c1-3-44-28-19-27(35)23(20-36)18-26(28)31-37-29(21-4-8-24(33)9-5-21)30(22-6-10-25(34)11-7-22)40(31)32(41)39-14-12-38(13-15-39)16-17-45(2,42)43/h4-11,18-19,29-30H,3,12-17H2,1-2H3/t29-,30+/m0/s1. The van der Waals surface area contributed by atoms with Crippen LogP contribution in [0.3, 0.4) is 0 Å². The summed E-state index contributed by atoms with van der Waals surface area (Å²) in [4.78, 5) is 25.3. The van der Waals surface area contributed by atoms with Gasteiger partial charge in [-0.05, 0) is 48.4 Å². The van der Waals surface area contributed by atoms with Gasteiger partial charge in [0.2, 0.25) is 0 Å². The average Bonchev–Trinajstić information content (AvgIpc) is 3.41. The Morgan fingerprint density at radius 3 is 2.13 bits per heavy atom. The molecule has 3 aromatic rings. The minimum atomic E-state index is -3.11. The van der Waals surface area contributed by atoms with Gasteiger partial charge in [-0.15, -0.1) is 0 Å². The molecule has 1 saturated heterocycles. The molecule has 45 heavy (non-hydrogen) atoms. The molecule has 2 aliphatic rings. The summed E-state index contributed by atoms with van der Waals surface area (Å²) in [5.41, 5.74) is 2.34. The Morgan fingerprint density at radius 2 is 1.58 bits per heavy atom. The minimum Gasteiger partial charge on any atom is -0.493 e. The monoisotopic (exact) mass is 687 g/mol. The van der Waals surface area contributed by atoms with E-state index in [4.69, 9.17) is 44.5 Å². The number of hydrogen-bond acceptors (Lipinski definition) is 7. The summed E-state index contributed by atoms with van der Waals surface area (Å²) in [5, 5.41) is 11.2. The molecule has 9 nitrogen and oxygen atoms in total. The predicted octanol–water partition coefficient (Wildman–Crippen LogP) is 6.24. The van der Waals surface area contributed by atoms with Crippen molar-refractivity contribution in [3.63, 3.8) is 0 Å². The number of piperazine rings is 1. The van der Waals surface area contributed by atoms with Gasteiger partial charge >= 0.3 is 6.03 Å². The molecule has 236 valence electrons. The van der Waals surface area contributed by atoms with Gasteiger partial charge in [0, 0.05) is 55.1 Å². The van der Waals surface area contributed by atoms with Crippen LogP contribution < -0.4 is 4.74 Å². The lowest BCUT2D eigenvalue weighted by Gasteiger charge is -2.39. The molecule has 2 atom stereocenters. The first-order valence-corrected chi connectivity index (χ1v) is 17.6. The van der Waals surface area contributed by atoms with Crippen LogP contribution in [-0.4, -0.2) is 86.3 Å². The zero-order valence-corrected chi connectivity index (χ0v) is 27.9. The van der Waals surface area contributed by atoms with Gasteiger partial charge in [-0.2, -0.15) is 5.26 Å². The van der Waals surface area contributed by atoms with Crippen molar-refractivity contribution in [1.82, 2.24) is 14.7 Å². The molecule has 0 saturated carbocycles. The van der Waals surface area contributed by atoms with E-state index < -0.39 is 21.9 Å². The molecule has 0 radical (unpaired) electrons. The summed E-state index contributed by atoms with van der Waals surface area (Å²) in [7, 11) is -3.11. The lowest BCUT2D eigenvalue weighted by atomic mass is 9.93. The molecule has 2 amide bonds. The van der Waals surface area contributed by atoms with Gasteiger partial charge in [0.25, 0.3) is 0 Å². The maximum Gasteiger partial charge on any atom is 0.326 e. The number of rotatable bonds is 8. The second kappa shape index (κ2) is 14.0. The van der Waals surface area contributed by atoms with Crippen molar-refractivity contribution in [1.29, 1.82) is 5.26 Å². The number of sulfone groups is 1. The van der Waals surface area contributed by atoms with Crippen molar-refractivity contribution in [2.75, 3.05) is 51.3 Å². The van der Waals surface area contributed by atoms with E-state index in [0.29, 0.717) is 66.5 Å². The Balaban J connectivity index is 1.61. The van der Waals surface area contributed by atoms with Crippen molar-refractivity contribution in [2.24, 2.45) is 4.99 Å². The van der Waals surface area contributed by atoms with E-state index in [-0.39, 0.29) is 22.4 Å². The second-order valence-corrected chi connectivity index (χ2v) is 14.5. The van der Waals surface area contributed by atoms with Gasteiger partial charge in [-0.1, -0.05) is 59.1 Å². The van der Waals surface area contributed by atoms with Gasteiger partial charge in [-0.25, -0.2) is 13.2 Å². The Morgan fingerprint density at radius 1 is 0.978 bits per heavy atom. The van der Waals surface area contributed by atoms with E-state index in [1.54, 1.807) is 46.2 Å². The van der Waals surface area contributed by atoms with Crippen molar-refractivity contribution < 1.29 is 17.9 Å². The number of halogens is 3. The molecular weight excluding hydrogens is 657 g/mol. The minimum absolute atomic E-state index is 0.0588. The van der Waals surface area contributed by atoms with E-state index in [1.165, 1.54) is 6.26 Å². The number of urea groups is 1. The van der Waals surface area contributed by atoms with Crippen molar-refractivity contribution in [3.05, 3.63) is 98.0 Å². The number of nitriles is 1. The molecule has 0 bridgehead atoms. The fraction of sp³-hybridized carbons (Fsp3) is 0.344. The number of aliphatic imine (C=N–C) groups is 1. The molecule has 0 spiro atoms. The third-order valence-corrected chi connectivity index (χ3v) is 9.59. The van der Waals surface area contributed by atoms with E-state index >= 15 is 0 Å². The number of amides is 2. The fourth-order valence-electron chi connectivity index (χ4n) is 5.55. The number of nitrogens with zero attached hydrogens (tertiary/aromatic N) is 5. The highest BCUT2D eigenvalue weighted by Gasteiger charge is 2.45. The topological polar surface area (TPSA) is 106 Å². The Bertz CT molecular complexity index is 1740. The van der Waals surface area contributed by atoms with Crippen LogP contribution in [0.25, 0.3) is 0 Å². The highest BCUT2D eigenvalue weighted by molar-refractivity contribution is 7.90. The average molecular weight is 689 g/mol. The zero-order chi connectivity index (χ0) is 32.3. The maximum atomic E-state index is 14.7. The summed E-state index contributed by atoms with van der Waals surface area (Å²) in [6.45, 7) is 4.41. The van der Waals surface area contributed by atoms with Crippen LogP contribution in [0.4, 0.5) is 4.79 Å². The quantitative estimate of drug-likeness (QED) is 0.277.